The third-order valence-electron chi connectivity index (χ3n) is 4.95. The molecule has 1 fully saturated rings. The van der Waals surface area contributed by atoms with Crippen molar-refractivity contribution < 1.29 is 19.3 Å². The molecule has 1 atom stereocenters. The minimum absolute atomic E-state index is 0.315. The van der Waals surface area contributed by atoms with Crippen LogP contribution in [0.5, 0.6) is 11.5 Å². The average Bonchev–Trinajstić information content (AvgIpc) is 2.72. The third-order valence-corrected chi connectivity index (χ3v) is 5.23. The monoisotopic (exact) mass is 440 g/mol. The lowest BCUT2D eigenvalue weighted by atomic mass is 10.1. The molecule has 0 aliphatic carbocycles. The number of rotatable bonds is 8. The Labute approximate surface area is 183 Å². The van der Waals surface area contributed by atoms with E-state index >= 15 is 0 Å². The smallest absolute Gasteiger partial charge is 0.191 e. The number of hydrogen-bond donors (Lipinski definition) is 3. The quantitative estimate of drug-likeness (QED) is 0.414. The maximum atomic E-state index is 10.7. The first-order valence-electron chi connectivity index (χ1n) is 10.6. The molecule has 2 aliphatic heterocycles. The molecule has 3 rings (SSSR count). The minimum Gasteiger partial charge on any atom is -0.486 e. The highest BCUT2D eigenvalue weighted by atomic mass is 35.5. The molecule has 0 amide bonds. The van der Waals surface area contributed by atoms with Crippen LogP contribution in [0.2, 0.25) is 5.02 Å². The molecule has 1 unspecified atom stereocenters. The van der Waals surface area contributed by atoms with Crippen molar-refractivity contribution in [1.29, 1.82) is 0 Å². The number of guanidine groups is 1. The van der Waals surface area contributed by atoms with Crippen LogP contribution in [0.25, 0.3) is 0 Å². The van der Waals surface area contributed by atoms with Crippen molar-refractivity contribution in [2.24, 2.45) is 4.99 Å². The highest BCUT2D eigenvalue weighted by Crippen LogP contribution is 2.38. The van der Waals surface area contributed by atoms with Gasteiger partial charge in [-0.25, -0.2) is 0 Å². The molecule has 0 spiro atoms. The van der Waals surface area contributed by atoms with Crippen LogP contribution >= 0.6 is 11.6 Å². The van der Waals surface area contributed by atoms with Crippen LogP contribution in [0.4, 0.5) is 0 Å². The summed E-state index contributed by atoms with van der Waals surface area (Å²) < 4.78 is 16.6. The van der Waals surface area contributed by atoms with Gasteiger partial charge in [0.1, 0.15) is 13.2 Å². The van der Waals surface area contributed by atoms with Gasteiger partial charge in [-0.15, -0.1) is 0 Å². The number of benzene rings is 1. The van der Waals surface area contributed by atoms with E-state index in [-0.39, 0.29) is 0 Å². The number of β-amino-alcohol motifs (C(OH)–C–C–N with tert-alkyl or cyclic N) is 1. The fourth-order valence-electron chi connectivity index (χ4n) is 3.52. The number of morpholine rings is 1. The average molecular weight is 441 g/mol. The first-order valence-corrected chi connectivity index (χ1v) is 11.0. The summed E-state index contributed by atoms with van der Waals surface area (Å²) >= 11 is 6.32. The number of halogens is 1. The SMILES string of the molecule is CCNC(=NCC(C)(O)CN1CCOCC1)NCCc1cc(Cl)c2c(c1)OCCO2. The van der Waals surface area contributed by atoms with Crippen LogP contribution in [0.15, 0.2) is 17.1 Å². The van der Waals surface area contributed by atoms with Gasteiger partial charge in [0.15, 0.2) is 17.5 Å². The van der Waals surface area contributed by atoms with Crippen LogP contribution < -0.4 is 20.1 Å². The Bertz CT molecular complexity index is 723. The number of aliphatic hydroxyl groups is 1. The van der Waals surface area contributed by atoms with E-state index in [1.54, 1.807) is 0 Å². The normalized spacial score (nSPS) is 19.3. The number of aliphatic imine (C=N–C) groups is 1. The molecule has 0 aromatic heterocycles. The van der Waals surface area contributed by atoms with Gasteiger partial charge < -0.3 is 30.0 Å². The molecule has 8 nitrogen and oxygen atoms in total. The minimum atomic E-state index is -0.900. The Balaban J connectivity index is 1.51. The summed E-state index contributed by atoms with van der Waals surface area (Å²) in [5, 5.41) is 17.9. The second-order valence-electron chi connectivity index (χ2n) is 7.86. The van der Waals surface area contributed by atoms with E-state index in [1.807, 2.05) is 26.0 Å². The zero-order valence-corrected chi connectivity index (χ0v) is 18.6. The number of hydrogen-bond acceptors (Lipinski definition) is 6. The maximum Gasteiger partial charge on any atom is 0.191 e. The summed E-state index contributed by atoms with van der Waals surface area (Å²) in [5.41, 5.74) is 0.162. The number of ether oxygens (including phenoxy) is 3. The standard InChI is InChI=1S/C21H33ClN4O4/c1-3-23-20(25-14-21(2,27)15-26-6-8-28-9-7-26)24-5-4-16-12-17(22)19-18(13-16)29-10-11-30-19/h12-13,27H,3-11,14-15H2,1-2H3,(H2,23,24,25). The molecule has 0 saturated carbocycles. The van der Waals surface area contributed by atoms with Crippen LogP contribution in [-0.2, 0) is 11.2 Å². The van der Waals surface area contributed by atoms with Gasteiger partial charge in [-0.05, 0) is 38.0 Å². The summed E-state index contributed by atoms with van der Waals surface area (Å²) in [6, 6.07) is 3.88. The Morgan fingerprint density at radius 3 is 2.73 bits per heavy atom. The van der Waals surface area contributed by atoms with Crippen molar-refractivity contribution in [3.8, 4) is 11.5 Å². The largest absolute Gasteiger partial charge is 0.486 e. The van der Waals surface area contributed by atoms with Gasteiger partial charge in [-0.2, -0.15) is 0 Å². The van der Waals surface area contributed by atoms with Gasteiger partial charge in [0.05, 0.1) is 30.4 Å². The van der Waals surface area contributed by atoms with Crippen LogP contribution in [-0.4, -0.2) is 87.3 Å². The van der Waals surface area contributed by atoms with Crippen molar-refractivity contribution in [3.63, 3.8) is 0 Å². The van der Waals surface area contributed by atoms with Crippen molar-refractivity contribution in [2.45, 2.75) is 25.9 Å². The number of nitrogens with zero attached hydrogens (tertiary/aromatic N) is 2. The van der Waals surface area contributed by atoms with Crippen molar-refractivity contribution >= 4 is 17.6 Å². The number of nitrogens with one attached hydrogen (secondary N) is 2. The molecular formula is C21H33ClN4O4. The lowest BCUT2D eigenvalue weighted by molar-refractivity contribution is -0.0179. The molecule has 2 heterocycles. The molecule has 0 radical (unpaired) electrons. The second-order valence-corrected chi connectivity index (χ2v) is 8.27. The predicted octanol–water partition coefficient (Wildman–Crippen LogP) is 1.29. The van der Waals surface area contributed by atoms with E-state index in [9.17, 15) is 5.11 Å². The molecule has 168 valence electrons. The van der Waals surface area contributed by atoms with E-state index in [1.165, 1.54) is 0 Å². The summed E-state index contributed by atoms with van der Waals surface area (Å²) in [7, 11) is 0. The summed E-state index contributed by atoms with van der Waals surface area (Å²) in [4.78, 5) is 6.80. The topological polar surface area (TPSA) is 87.6 Å². The van der Waals surface area contributed by atoms with Crippen molar-refractivity contribution in [2.75, 3.05) is 65.7 Å². The maximum absolute atomic E-state index is 10.7. The Hall–Kier alpha value is -1.74. The molecule has 9 heteroatoms. The first-order chi connectivity index (χ1) is 14.5. The fraction of sp³-hybridized carbons (Fsp3) is 0.667. The first kappa shape index (κ1) is 22.9. The number of fused-ring (bicyclic) bond motifs is 1. The van der Waals surface area contributed by atoms with Crippen LogP contribution in [0, 0.1) is 0 Å². The van der Waals surface area contributed by atoms with E-state index in [2.05, 4.69) is 20.5 Å². The fourth-order valence-corrected chi connectivity index (χ4v) is 3.80. The molecule has 1 aromatic rings. The van der Waals surface area contributed by atoms with Crippen molar-refractivity contribution in [1.82, 2.24) is 15.5 Å². The molecule has 30 heavy (non-hydrogen) atoms. The molecule has 1 saturated heterocycles. The summed E-state index contributed by atoms with van der Waals surface area (Å²) in [6.45, 7) is 10.3. The van der Waals surface area contributed by atoms with Gasteiger partial charge in [-0.1, -0.05) is 11.6 Å². The summed E-state index contributed by atoms with van der Waals surface area (Å²) in [6.07, 6.45) is 0.755. The molecule has 2 aliphatic rings. The summed E-state index contributed by atoms with van der Waals surface area (Å²) in [5.74, 6) is 2.00. The molecule has 1 aromatic carbocycles. The van der Waals surface area contributed by atoms with E-state index < -0.39 is 5.60 Å². The molecule has 0 bridgehead atoms. The Kier molecular flexibility index (Phi) is 8.44. The Morgan fingerprint density at radius 1 is 1.20 bits per heavy atom. The zero-order valence-electron chi connectivity index (χ0n) is 17.9. The van der Waals surface area contributed by atoms with Gasteiger partial charge in [-0.3, -0.25) is 9.89 Å². The van der Waals surface area contributed by atoms with E-state index in [0.717, 1.165) is 31.6 Å². The van der Waals surface area contributed by atoms with Crippen molar-refractivity contribution in [3.05, 3.63) is 22.7 Å². The molecular weight excluding hydrogens is 408 g/mol. The van der Waals surface area contributed by atoms with Gasteiger partial charge >= 0.3 is 0 Å². The van der Waals surface area contributed by atoms with Gasteiger partial charge in [0, 0.05) is 32.7 Å². The third kappa shape index (κ3) is 6.91. The highest BCUT2D eigenvalue weighted by Gasteiger charge is 2.25. The zero-order chi connectivity index (χ0) is 21.4. The highest BCUT2D eigenvalue weighted by molar-refractivity contribution is 6.32. The lowest BCUT2D eigenvalue weighted by Crippen LogP contribution is -2.48. The molecule has 3 N–H and O–H groups in total. The van der Waals surface area contributed by atoms with Gasteiger partial charge in [0.25, 0.3) is 0 Å². The second kappa shape index (κ2) is 11.0. The van der Waals surface area contributed by atoms with Crippen LogP contribution in [0.1, 0.15) is 19.4 Å². The van der Waals surface area contributed by atoms with Gasteiger partial charge in [0.2, 0.25) is 0 Å². The lowest BCUT2D eigenvalue weighted by Gasteiger charge is -2.33. The Morgan fingerprint density at radius 2 is 1.97 bits per heavy atom. The van der Waals surface area contributed by atoms with E-state index in [0.29, 0.717) is 68.5 Å². The predicted molar refractivity (Wildman–Crippen MR) is 118 cm³/mol. The van der Waals surface area contributed by atoms with Crippen LogP contribution in [0.3, 0.4) is 0 Å². The van der Waals surface area contributed by atoms with E-state index in [4.69, 9.17) is 25.8 Å².